The number of hydrogen-bond donors (Lipinski definition) is 3. The van der Waals surface area contributed by atoms with E-state index >= 15 is 0 Å². The number of nitrogens with one attached hydrogen (secondary N) is 1. The number of aliphatic hydroxyl groups excluding tert-OH is 2. The molecule has 0 spiro atoms. The van der Waals surface area contributed by atoms with Gasteiger partial charge in [0.05, 0.1) is 25.0 Å². The summed E-state index contributed by atoms with van der Waals surface area (Å²) in [6.07, 6.45) is -0.864. The van der Waals surface area contributed by atoms with Gasteiger partial charge in [-0.05, 0) is 40.8 Å². The van der Waals surface area contributed by atoms with Crippen LogP contribution in [-0.4, -0.2) is 54.4 Å². The molecule has 0 radical (unpaired) electrons. The summed E-state index contributed by atoms with van der Waals surface area (Å²) >= 11 is 2.00. The average Bonchev–Trinajstić information content (AvgIpc) is 2.66. The lowest BCUT2D eigenvalue weighted by atomic mass is 10.1. The predicted octanol–water partition coefficient (Wildman–Crippen LogP) is 3.01. The molecule has 2 aromatic carbocycles. The number of ether oxygens (including phenoxy) is 1. The highest BCUT2D eigenvalue weighted by atomic mass is 127. The second-order valence-electron chi connectivity index (χ2n) is 6.59. The predicted molar refractivity (Wildman–Crippen MR) is 114 cm³/mol. The van der Waals surface area contributed by atoms with Crippen molar-refractivity contribution in [3.8, 4) is 5.75 Å². The summed E-state index contributed by atoms with van der Waals surface area (Å²) in [4.78, 5) is 14.0. The highest BCUT2D eigenvalue weighted by Crippen LogP contribution is 2.30. The van der Waals surface area contributed by atoms with E-state index in [1.54, 1.807) is 26.2 Å². The fraction of sp³-hybridized carbons (Fsp3) is 0.350. The van der Waals surface area contributed by atoms with Gasteiger partial charge in [-0.1, -0.05) is 6.07 Å². The lowest BCUT2D eigenvalue weighted by Crippen LogP contribution is -2.24. The summed E-state index contributed by atoms with van der Waals surface area (Å²) in [5, 5.41) is 21.2. The van der Waals surface area contributed by atoms with E-state index in [1.807, 2.05) is 22.6 Å². The van der Waals surface area contributed by atoms with Crippen molar-refractivity contribution in [1.29, 1.82) is 0 Å². The van der Waals surface area contributed by atoms with Gasteiger partial charge in [-0.3, -0.25) is 4.79 Å². The Balaban J connectivity index is 2.32. The smallest absolute Gasteiger partial charge is 0.259 e. The van der Waals surface area contributed by atoms with E-state index in [4.69, 9.17) is 9.84 Å². The lowest BCUT2D eigenvalue weighted by molar-refractivity contribution is 0.0743. The monoisotopic (exact) mass is 520 g/mol. The van der Waals surface area contributed by atoms with Crippen LogP contribution in [0.4, 0.5) is 14.5 Å². The number of carbonyl (C=O) groups excluding carboxylic acids is 1. The van der Waals surface area contributed by atoms with E-state index in [0.717, 1.165) is 15.7 Å². The van der Waals surface area contributed by atoms with Crippen LogP contribution in [-0.2, 0) is 6.54 Å². The molecule has 0 aliphatic rings. The number of nitrogens with zero attached hydrogens (tertiary/aromatic N) is 1. The molecule has 0 fully saturated rings. The maximum atomic E-state index is 14.2. The first-order chi connectivity index (χ1) is 13.7. The summed E-state index contributed by atoms with van der Waals surface area (Å²) in [6.45, 7) is -0.406. The number of halogens is 3. The fourth-order valence-corrected chi connectivity index (χ4v) is 2.98. The van der Waals surface area contributed by atoms with Gasteiger partial charge >= 0.3 is 0 Å². The molecule has 0 aliphatic heterocycles. The number of anilines is 1. The molecule has 1 atom stereocenters. The largest absolute Gasteiger partial charge is 0.492 e. The van der Waals surface area contributed by atoms with Crippen LogP contribution in [0.25, 0.3) is 0 Å². The second kappa shape index (κ2) is 10.7. The summed E-state index contributed by atoms with van der Waals surface area (Å²) in [7, 11) is 3.10. The van der Waals surface area contributed by atoms with Crippen molar-refractivity contribution >= 4 is 34.2 Å². The lowest BCUT2D eigenvalue weighted by Gasteiger charge is -2.20. The van der Waals surface area contributed by atoms with E-state index < -0.39 is 30.3 Å². The quantitative estimate of drug-likeness (QED) is 0.443. The van der Waals surface area contributed by atoms with Crippen LogP contribution in [0.3, 0.4) is 0 Å². The van der Waals surface area contributed by atoms with E-state index in [1.165, 1.54) is 11.0 Å². The van der Waals surface area contributed by atoms with Crippen molar-refractivity contribution in [1.82, 2.24) is 4.90 Å². The minimum absolute atomic E-state index is 0.000535. The van der Waals surface area contributed by atoms with E-state index in [0.29, 0.717) is 5.56 Å². The third-order valence-electron chi connectivity index (χ3n) is 4.09. The Morgan fingerprint density at radius 1 is 1.28 bits per heavy atom. The van der Waals surface area contributed by atoms with Gasteiger partial charge in [0, 0.05) is 42.3 Å². The number of amides is 1. The number of benzene rings is 2. The van der Waals surface area contributed by atoms with Crippen LogP contribution < -0.4 is 10.1 Å². The molecule has 29 heavy (non-hydrogen) atoms. The first kappa shape index (κ1) is 23.3. The Morgan fingerprint density at radius 3 is 2.62 bits per heavy atom. The van der Waals surface area contributed by atoms with Crippen molar-refractivity contribution in [2.24, 2.45) is 0 Å². The summed E-state index contributed by atoms with van der Waals surface area (Å²) in [5.41, 5.74) is 0.631. The molecule has 0 aliphatic carbocycles. The molecule has 0 saturated heterocycles. The van der Waals surface area contributed by atoms with Crippen molar-refractivity contribution in [2.75, 3.05) is 32.6 Å². The third kappa shape index (κ3) is 6.51. The van der Waals surface area contributed by atoms with Gasteiger partial charge in [0.15, 0.2) is 0 Å². The van der Waals surface area contributed by atoms with Crippen molar-refractivity contribution in [3.63, 3.8) is 0 Å². The minimum Gasteiger partial charge on any atom is -0.492 e. The van der Waals surface area contributed by atoms with Crippen LogP contribution in [0, 0.1) is 15.2 Å². The first-order valence-electron chi connectivity index (χ1n) is 8.87. The molecule has 0 unspecified atom stereocenters. The Hall–Kier alpha value is -1.98. The summed E-state index contributed by atoms with van der Waals surface area (Å²) < 4.78 is 34.6. The van der Waals surface area contributed by atoms with Crippen LogP contribution >= 0.6 is 22.6 Å². The van der Waals surface area contributed by atoms with Gasteiger partial charge in [-0.2, -0.15) is 0 Å². The second-order valence-corrected chi connectivity index (χ2v) is 7.83. The molecule has 0 aromatic heterocycles. The summed E-state index contributed by atoms with van der Waals surface area (Å²) in [5.74, 6) is -1.47. The van der Waals surface area contributed by atoms with Crippen LogP contribution in [0.15, 0.2) is 30.3 Å². The minimum atomic E-state index is -0.974. The summed E-state index contributed by atoms with van der Waals surface area (Å²) in [6, 6.07) is 6.98. The van der Waals surface area contributed by atoms with Gasteiger partial charge < -0.3 is 25.2 Å². The fourth-order valence-electron chi connectivity index (χ4n) is 2.53. The first-order valence-corrected chi connectivity index (χ1v) is 9.95. The molecule has 0 heterocycles. The molecule has 6 nitrogen and oxygen atoms in total. The Bertz CT molecular complexity index is 865. The molecule has 3 N–H and O–H groups in total. The Kier molecular flexibility index (Phi) is 8.60. The van der Waals surface area contributed by atoms with Crippen LogP contribution in [0.1, 0.15) is 22.3 Å². The molecular weight excluding hydrogens is 497 g/mol. The van der Waals surface area contributed by atoms with E-state index in [9.17, 15) is 18.7 Å². The zero-order valence-corrected chi connectivity index (χ0v) is 18.2. The van der Waals surface area contributed by atoms with Gasteiger partial charge in [0.2, 0.25) is 0 Å². The topological polar surface area (TPSA) is 82.0 Å². The van der Waals surface area contributed by atoms with Crippen LogP contribution in [0.2, 0.25) is 0 Å². The van der Waals surface area contributed by atoms with Crippen LogP contribution in [0.5, 0.6) is 5.75 Å². The zero-order valence-electron chi connectivity index (χ0n) is 16.1. The van der Waals surface area contributed by atoms with E-state index in [-0.39, 0.29) is 36.6 Å². The number of carbonyl (C=O) groups is 1. The third-order valence-corrected chi connectivity index (χ3v) is 4.76. The van der Waals surface area contributed by atoms with Gasteiger partial charge in [-0.25, -0.2) is 8.78 Å². The average molecular weight is 520 g/mol. The Labute approximate surface area is 181 Å². The normalized spacial score (nSPS) is 11.8. The van der Waals surface area contributed by atoms with Crippen molar-refractivity contribution in [3.05, 3.63) is 56.7 Å². The number of aliphatic hydroxyl groups is 2. The molecule has 158 valence electrons. The van der Waals surface area contributed by atoms with E-state index in [2.05, 4.69) is 5.32 Å². The van der Waals surface area contributed by atoms with Gasteiger partial charge in [0.1, 0.15) is 22.9 Å². The Morgan fingerprint density at radius 2 is 2.00 bits per heavy atom. The maximum absolute atomic E-state index is 14.2. The van der Waals surface area contributed by atoms with Crippen molar-refractivity contribution < 1.29 is 28.5 Å². The molecule has 9 heteroatoms. The standard InChI is InChI=1S/C20H23F2IN2O4/c1-25(2)20(28)19-17(24-10-12-3-4-14(23)9-16(12)22)7-13(21)8-18(19)29-6-5-15(27)11-26/h3-4,7-9,15,24,26-27H,5-6,10-11H2,1-2H3/t15-/m1/s1. The maximum Gasteiger partial charge on any atom is 0.259 e. The molecule has 1 amide bonds. The molecular formula is C20H23F2IN2O4. The SMILES string of the molecule is CN(C)C(=O)c1c(NCc2ccc(I)cc2F)cc(F)cc1OCC[C@@H](O)CO. The molecule has 0 saturated carbocycles. The molecule has 2 aromatic rings. The zero-order chi connectivity index (χ0) is 21.6. The molecule has 2 rings (SSSR count). The number of rotatable bonds is 9. The van der Waals surface area contributed by atoms with Crippen molar-refractivity contribution in [2.45, 2.75) is 19.1 Å². The van der Waals surface area contributed by atoms with Gasteiger partial charge in [0.25, 0.3) is 5.91 Å². The highest BCUT2D eigenvalue weighted by molar-refractivity contribution is 14.1. The number of hydrogen-bond acceptors (Lipinski definition) is 5. The highest BCUT2D eigenvalue weighted by Gasteiger charge is 2.22. The molecule has 0 bridgehead atoms. The van der Waals surface area contributed by atoms with Gasteiger partial charge in [-0.15, -0.1) is 0 Å².